The molecule has 0 radical (unpaired) electrons. The lowest BCUT2D eigenvalue weighted by Gasteiger charge is -2.07. The van der Waals surface area contributed by atoms with Gasteiger partial charge in [-0.1, -0.05) is 36.4 Å². The fourth-order valence-electron chi connectivity index (χ4n) is 3.59. The van der Waals surface area contributed by atoms with E-state index in [9.17, 15) is 0 Å². The van der Waals surface area contributed by atoms with Crippen LogP contribution in [0.5, 0.6) is 5.75 Å². The summed E-state index contributed by atoms with van der Waals surface area (Å²) in [6, 6.07) is 18.4. The Morgan fingerprint density at radius 1 is 0.906 bits per heavy atom. The molecule has 0 bridgehead atoms. The minimum Gasteiger partial charge on any atom is -0.497 e. The van der Waals surface area contributed by atoms with Crippen molar-refractivity contribution < 1.29 is 4.74 Å². The van der Waals surface area contributed by atoms with Gasteiger partial charge in [0.1, 0.15) is 17.9 Å². The molecule has 0 fully saturated rings. The lowest BCUT2D eigenvalue weighted by Crippen LogP contribution is -2.02. The number of nitrogens with one attached hydrogen (secondary N) is 1. The van der Waals surface area contributed by atoms with Gasteiger partial charge >= 0.3 is 0 Å². The highest BCUT2D eigenvalue weighted by atomic mass is 16.5. The summed E-state index contributed by atoms with van der Waals surface area (Å²) in [6.45, 7) is 2.05. The van der Waals surface area contributed by atoms with E-state index in [-0.39, 0.29) is 0 Å². The van der Waals surface area contributed by atoms with Gasteiger partial charge in [-0.2, -0.15) is 10.2 Å². The van der Waals surface area contributed by atoms with Gasteiger partial charge in [-0.3, -0.25) is 9.36 Å². The summed E-state index contributed by atoms with van der Waals surface area (Å²) in [4.78, 5) is 8.75. The van der Waals surface area contributed by atoms with Crippen LogP contribution in [0.2, 0.25) is 0 Å². The lowest BCUT2D eigenvalue weighted by atomic mass is 10.1. The number of anilines is 1. The molecule has 5 aromatic rings. The van der Waals surface area contributed by atoms with E-state index in [1.54, 1.807) is 13.3 Å². The van der Waals surface area contributed by atoms with Crippen molar-refractivity contribution in [3.8, 4) is 5.75 Å². The standard InChI is InChI=1S/C24H23N7O/c1-32-21-5-2-4-20(12-21)13-25-23-22-16-31(29-24(22)27-17-26-23)15-19-8-6-18(7-9-19)14-30-11-3-10-28-30/h2-12,16-17H,13-15H2,1H3,(H,25,26,27,29). The predicted molar refractivity (Wildman–Crippen MR) is 123 cm³/mol. The largest absolute Gasteiger partial charge is 0.497 e. The summed E-state index contributed by atoms with van der Waals surface area (Å²) in [5.41, 5.74) is 4.15. The van der Waals surface area contributed by atoms with Gasteiger partial charge in [0.2, 0.25) is 0 Å². The van der Waals surface area contributed by atoms with Gasteiger partial charge < -0.3 is 10.1 Å². The van der Waals surface area contributed by atoms with Crippen molar-refractivity contribution in [3.63, 3.8) is 0 Å². The van der Waals surface area contributed by atoms with E-state index < -0.39 is 0 Å². The molecule has 0 aliphatic heterocycles. The Kier molecular flexibility index (Phi) is 5.48. The Hall–Kier alpha value is -4.20. The Bertz CT molecular complexity index is 1310. The SMILES string of the molecule is COc1cccc(CNc2ncnc3nn(Cc4ccc(Cn5cccn5)cc4)cc23)c1. The number of rotatable bonds is 8. The molecule has 3 aromatic heterocycles. The molecule has 0 aliphatic rings. The first-order valence-corrected chi connectivity index (χ1v) is 10.4. The van der Waals surface area contributed by atoms with Crippen molar-refractivity contribution in [2.45, 2.75) is 19.6 Å². The number of fused-ring (bicyclic) bond motifs is 1. The first-order valence-electron chi connectivity index (χ1n) is 10.4. The Morgan fingerprint density at radius 2 is 1.72 bits per heavy atom. The van der Waals surface area contributed by atoms with E-state index in [1.807, 2.05) is 52.1 Å². The van der Waals surface area contributed by atoms with E-state index in [2.05, 4.69) is 49.7 Å². The first-order chi connectivity index (χ1) is 15.8. The smallest absolute Gasteiger partial charge is 0.186 e. The molecule has 0 aliphatic carbocycles. The third-order valence-corrected chi connectivity index (χ3v) is 5.23. The molecule has 0 amide bonds. The van der Waals surface area contributed by atoms with Crippen LogP contribution in [0.4, 0.5) is 5.82 Å². The molecule has 160 valence electrons. The summed E-state index contributed by atoms with van der Waals surface area (Å²) in [5, 5.41) is 13.2. The molecule has 1 N–H and O–H groups in total. The lowest BCUT2D eigenvalue weighted by molar-refractivity contribution is 0.414. The summed E-state index contributed by atoms with van der Waals surface area (Å²) >= 11 is 0. The molecule has 5 rings (SSSR count). The predicted octanol–water partition coefficient (Wildman–Crippen LogP) is 3.74. The quantitative estimate of drug-likeness (QED) is 0.408. The maximum absolute atomic E-state index is 5.30. The van der Waals surface area contributed by atoms with Gasteiger partial charge in [0.05, 0.1) is 25.6 Å². The third kappa shape index (κ3) is 4.44. The fraction of sp³-hybridized carbons (Fsp3) is 0.167. The van der Waals surface area contributed by atoms with E-state index in [0.717, 1.165) is 29.1 Å². The van der Waals surface area contributed by atoms with Crippen molar-refractivity contribution in [1.82, 2.24) is 29.5 Å². The zero-order chi connectivity index (χ0) is 21.8. The van der Waals surface area contributed by atoms with Gasteiger partial charge in [-0.05, 0) is 34.9 Å². The highest BCUT2D eigenvalue weighted by Gasteiger charge is 2.09. The molecule has 0 saturated heterocycles. The molecule has 32 heavy (non-hydrogen) atoms. The van der Waals surface area contributed by atoms with Crippen LogP contribution in [-0.2, 0) is 19.6 Å². The van der Waals surface area contributed by atoms with Crippen molar-refractivity contribution in [2.75, 3.05) is 12.4 Å². The van der Waals surface area contributed by atoms with Gasteiger partial charge in [0, 0.05) is 25.1 Å². The minimum atomic E-state index is 0.631. The Morgan fingerprint density at radius 3 is 2.47 bits per heavy atom. The van der Waals surface area contributed by atoms with Crippen molar-refractivity contribution in [2.24, 2.45) is 0 Å². The number of benzene rings is 2. The molecule has 0 saturated carbocycles. The van der Waals surface area contributed by atoms with E-state index in [4.69, 9.17) is 4.74 Å². The highest BCUT2D eigenvalue weighted by Crippen LogP contribution is 2.20. The van der Waals surface area contributed by atoms with E-state index in [1.165, 1.54) is 17.5 Å². The van der Waals surface area contributed by atoms with Crippen LogP contribution in [-0.4, -0.2) is 36.6 Å². The second-order valence-electron chi connectivity index (χ2n) is 7.51. The molecule has 0 unspecified atom stereocenters. The van der Waals surface area contributed by atoms with Crippen LogP contribution < -0.4 is 10.1 Å². The first kappa shape index (κ1) is 19.7. The molecule has 3 heterocycles. The van der Waals surface area contributed by atoms with Crippen LogP contribution in [0.25, 0.3) is 11.0 Å². The maximum atomic E-state index is 5.30. The maximum Gasteiger partial charge on any atom is 0.186 e. The van der Waals surface area contributed by atoms with Crippen LogP contribution in [0.3, 0.4) is 0 Å². The minimum absolute atomic E-state index is 0.631. The van der Waals surface area contributed by atoms with Crippen molar-refractivity contribution in [1.29, 1.82) is 0 Å². The van der Waals surface area contributed by atoms with Gasteiger partial charge in [0.15, 0.2) is 5.65 Å². The fourth-order valence-corrected chi connectivity index (χ4v) is 3.59. The average molecular weight is 425 g/mol. The van der Waals surface area contributed by atoms with Crippen molar-refractivity contribution in [3.05, 3.63) is 96.2 Å². The summed E-state index contributed by atoms with van der Waals surface area (Å²) < 4.78 is 9.11. The Labute approximate surface area is 185 Å². The molecule has 0 spiro atoms. The number of aromatic nitrogens is 6. The third-order valence-electron chi connectivity index (χ3n) is 5.23. The number of ether oxygens (including phenoxy) is 1. The summed E-state index contributed by atoms with van der Waals surface area (Å²) in [5.74, 6) is 1.60. The zero-order valence-corrected chi connectivity index (χ0v) is 17.7. The van der Waals surface area contributed by atoms with E-state index >= 15 is 0 Å². The van der Waals surface area contributed by atoms with Crippen molar-refractivity contribution >= 4 is 16.9 Å². The van der Waals surface area contributed by atoms with Gasteiger partial charge in [-0.25, -0.2) is 9.97 Å². The molecular formula is C24H23N7O. The number of methoxy groups -OCH3 is 1. The van der Waals surface area contributed by atoms with Crippen LogP contribution in [0.1, 0.15) is 16.7 Å². The molecule has 8 heteroatoms. The Balaban J connectivity index is 1.29. The molecule has 0 atom stereocenters. The van der Waals surface area contributed by atoms with Crippen LogP contribution in [0, 0.1) is 0 Å². The van der Waals surface area contributed by atoms with Gasteiger partial charge in [-0.15, -0.1) is 0 Å². The number of hydrogen-bond acceptors (Lipinski definition) is 6. The van der Waals surface area contributed by atoms with Crippen LogP contribution >= 0.6 is 0 Å². The highest BCUT2D eigenvalue weighted by molar-refractivity contribution is 5.85. The molecular weight excluding hydrogens is 402 g/mol. The summed E-state index contributed by atoms with van der Waals surface area (Å²) in [6.07, 6.45) is 7.28. The second kappa shape index (κ2) is 8.89. The number of hydrogen-bond donors (Lipinski definition) is 1. The average Bonchev–Trinajstić information content (AvgIpc) is 3.49. The zero-order valence-electron chi connectivity index (χ0n) is 17.7. The topological polar surface area (TPSA) is 82.7 Å². The normalized spacial score (nSPS) is 11.0. The van der Waals surface area contributed by atoms with Gasteiger partial charge in [0.25, 0.3) is 0 Å². The number of nitrogens with zero attached hydrogens (tertiary/aromatic N) is 6. The summed E-state index contributed by atoms with van der Waals surface area (Å²) in [7, 11) is 1.67. The monoisotopic (exact) mass is 425 g/mol. The molecule has 8 nitrogen and oxygen atoms in total. The molecule has 2 aromatic carbocycles. The second-order valence-corrected chi connectivity index (χ2v) is 7.51. The van der Waals surface area contributed by atoms with Crippen LogP contribution in [0.15, 0.2) is 79.5 Å². The van der Waals surface area contributed by atoms with E-state index in [0.29, 0.717) is 18.7 Å².